The van der Waals surface area contributed by atoms with Crippen LogP contribution in [0.1, 0.15) is 38.8 Å². The summed E-state index contributed by atoms with van der Waals surface area (Å²) in [7, 11) is 0. The Labute approximate surface area is 129 Å². The van der Waals surface area contributed by atoms with Gasteiger partial charge in [-0.15, -0.1) is 0 Å². The fourth-order valence-corrected chi connectivity index (χ4v) is 2.71. The first kappa shape index (κ1) is 16.2. The van der Waals surface area contributed by atoms with Gasteiger partial charge < -0.3 is 10.0 Å². The quantitative estimate of drug-likeness (QED) is 0.909. The smallest absolute Gasteiger partial charge is 0.290 e. The van der Waals surface area contributed by atoms with Crippen molar-refractivity contribution in [3.05, 3.63) is 47.0 Å². The van der Waals surface area contributed by atoms with E-state index in [-0.39, 0.29) is 22.8 Å². The van der Waals surface area contributed by atoms with Crippen molar-refractivity contribution in [2.75, 3.05) is 6.54 Å². The van der Waals surface area contributed by atoms with Gasteiger partial charge >= 0.3 is 0 Å². The minimum atomic E-state index is -0.858. The summed E-state index contributed by atoms with van der Waals surface area (Å²) in [6, 6.07) is 5.18. The third-order valence-electron chi connectivity index (χ3n) is 3.76. The van der Waals surface area contributed by atoms with Gasteiger partial charge in [-0.25, -0.2) is 4.39 Å². The maximum atomic E-state index is 14.2. The van der Waals surface area contributed by atoms with Crippen LogP contribution in [-0.2, 0) is 9.59 Å². The summed E-state index contributed by atoms with van der Waals surface area (Å²) < 4.78 is 14.2. The number of carbonyl (C=O) groups is 2. The molecule has 1 aromatic rings. The molecule has 22 heavy (non-hydrogen) atoms. The molecule has 1 unspecified atom stereocenters. The average Bonchev–Trinajstić information content (AvgIpc) is 2.72. The zero-order valence-corrected chi connectivity index (χ0v) is 13.0. The summed E-state index contributed by atoms with van der Waals surface area (Å²) in [6.07, 6.45) is 0.646. The number of aliphatic hydroxyl groups is 1. The third kappa shape index (κ3) is 2.63. The minimum Gasteiger partial charge on any atom is -0.503 e. The summed E-state index contributed by atoms with van der Waals surface area (Å²) in [4.78, 5) is 26.1. The molecule has 1 aromatic carbocycles. The van der Waals surface area contributed by atoms with Gasteiger partial charge in [-0.2, -0.15) is 0 Å². The minimum absolute atomic E-state index is 0.00134. The normalized spacial score (nSPS) is 18.5. The SMILES string of the molecule is CCCN1C(=O)C(O)=C(C(=O)C(C)C)C1c1ccccc1F. The van der Waals surface area contributed by atoms with Gasteiger partial charge in [-0.3, -0.25) is 9.59 Å². The van der Waals surface area contributed by atoms with Crippen LogP contribution < -0.4 is 0 Å². The number of ketones is 1. The number of benzene rings is 1. The highest BCUT2D eigenvalue weighted by atomic mass is 19.1. The number of Topliss-reactive ketones (excluding diaryl/α,β-unsaturated/α-hetero) is 1. The topological polar surface area (TPSA) is 57.6 Å². The molecule has 0 aromatic heterocycles. The number of amides is 1. The molecule has 0 bridgehead atoms. The van der Waals surface area contributed by atoms with E-state index in [1.54, 1.807) is 32.0 Å². The van der Waals surface area contributed by atoms with Gasteiger partial charge in [0.1, 0.15) is 5.82 Å². The Bertz CT molecular complexity index is 637. The molecule has 0 saturated heterocycles. The van der Waals surface area contributed by atoms with Crippen molar-refractivity contribution < 1.29 is 19.1 Å². The number of carbonyl (C=O) groups excluding carboxylic acids is 2. The molecular weight excluding hydrogens is 285 g/mol. The van der Waals surface area contributed by atoms with Gasteiger partial charge in [0.25, 0.3) is 5.91 Å². The summed E-state index contributed by atoms with van der Waals surface area (Å²) in [5, 5.41) is 10.1. The Morgan fingerprint density at radius 1 is 1.36 bits per heavy atom. The van der Waals surface area contributed by atoms with Crippen molar-refractivity contribution >= 4 is 11.7 Å². The van der Waals surface area contributed by atoms with E-state index in [0.29, 0.717) is 13.0 Å². The van der Waals surface area contributed by atoms with Crippen LogP contribution in [0.5, 0.6) is 0 Å². The lowest BCUT2D eigenvalue weighted by atomic mass is 9.91. The van der Waals surface area contributed by atoms with Crippen molar-refractivity contribution in [3.8, 4) is 0 Å². The van der Waals surface area contributed by atoms with E-state index in [4.69, 9.17) is 0 Å². The van der Waals surface area contributed by atoms with E-state index in [1.165, 1.54) is 11.0 Å². The second kappa shape index (κ2) is 6.30. The predicted molar refractivity (Wildman–Crippen MR) is 80.6 cm³/mol. The lowest BCUT2D eigenvalue weighted by Gasteiger charge is -2.27. The van der Waals surface area contributed by atoms with Crippen LogP contribution >= 0.6 is 0 Å². The molecule has 118 valence electrons. The Morgan fingerprint density at radius 3 is 2.55 bits per heavy atom. The van der Waals surface area contributed by atoms with Gasteiger partial charge in [0.2, 0.25) is 0 Å². The zero-order chi connectivity index (χ0) is 16.4. The molecule has 1 amide bonds. The molecule has 0 fully saturated rings. The molecule has 4 nitrogen and oxygen atoms in total. The van der Waals surface area contributed by atoms with E-state index in [2.05, 4.69) is 0 Å². The molecule has 0 spiro atoms. The lowest BCUT2D eigenvalue weighted by molar-refractivity contribution is -0.129. The van der Waals surface area contributed by atoms with Crippen LogP contribution in [0, 0.1) is 11.7 Å². The Hall–Kier alpha value is -2.17. The highest BCUT2D eigenvalue weighted by molar-refractivity contribution is 6.09. The Kier molecular flexibility index (Phi) is 4.64. The number of aliphatic hydroxyl groups excluding tert-OH is 1. The largest absolute Gasteiger partial charge is 0.503 e. The van der Waals surface area contributed by atoms with Crippen LogP contribution in [-0.4, -0.2) is 28.2 Å². The number of halogens is 1. The van der Waals surface area contributed by atoms with Gasteiger partial charge in [0.05, 0.1) is 11.6 Å². The van der Waals surface area contributed by atoms with E-state index >= 15 is 0 Å². The molecule has 1 aliphatic heterocycles. The molecule has 0 aliphatic carbocycles. The summed E-state index contributed by atoms with van der Waals surface area (Å²) in [5.41, 5.74) is 0.232. The second-order valence-electron chi connectivity index (χ2n) is 5.70. The predicted octanol–water partition coefficient (Wildman–Crippen LogP) is 3.16. The molecule has 0 radical (unpaired) electrons. The Morgan fingerprint density at radius 2 is 2.00 bits per heavy atom. The summed E-state index contributed by atoms with van der Waals surface area (Å²) in [5.74, 6) is -2.39. The fourth-order valence-electron chi connectivity index (χ4n) is 2.71. The van der Waals surface area contributed by atoms with Crippen molar-refractivity contribution in [3.63, 3.8) is 0 Å². The molecule has 1 heterocycles. The van der Waals surface area contributed by atoms with Crippen LogP contribution in [0.2, 0.25) is 0 Å². The van der Waals surface area contributed by atoms with Crippen LogP contribution in [0.3, 0.4) is 0 Å². The third-order valence-corrected chi connectivity index (χ3v) is 3.76. The van der Waals surface area contributed by atoms with E-state index in [0.717, 1.165) is 0 Å². The molecular formula is C17H20FNO3. The van der Waals surface area contributed by atoms with Gasteiger partial charge in [-0.05, 0) is 12.5 Å². The maximum absolute atomic E-state index is 14.2. The zero-order valence-electron chi connectivity index (χ0n) is 13.0. The van der Waals surface area contributed by atoms with Crippen molar-refractivity contribution in [1.29, 1.82) is 0 Å². The Balaban J connectivity index is 2.59. The average molecular weight is 305 g/mol. The van der Waals surface area contributed by atoms with Crippen molar-refractivity contribution in [2.45, 2.75) is 33.2 Å². The fraction of sp³-hybridized carbons (Fsp3) is 0.412. The van der Waals surface area contributed by atoms with Crippen molar-refractivity contribution in [2.24, 2.45) is 5.92 Å². The molecule has 1 aliphatic rings. The highest BCUT2D eigenvalue weighted by Gasteiger charge is 2.44. The van der Waals surface area contributed by atoms with Crippen LogP contribution in [0.4, 0.5) is 4.39 Å². The maximum Gasteiger partial charge on any atom is 0.290 e. The molecule has 1 atom stereocenters. The number of hydrogen-bond donors (Lipinski definition) is 1. The number of hydrogen-bond acceptors (Lipinski definition) is 3. The van der Waals surface area contributed by atoms with Gasteiger partial charge in [-0.1, -0.05) is 39.0 Å². The van der Waals surface area contributed by atoms with E-state index in [9.17, 15) is 19.1 Å². The first-order chi connectivity index (χ1) is 10.4. The van der Waals surface area contributed by atoms with Crippen molar-refractivity contribution in [1.82, 2.24) is 4.90 Å². The van der Waals surface area contributed by atoms with Crippen LogP contribution in [0.15, 0.2) is 35.6 Å². The standard InChI is InChI=1S/C17H20FNO3/c1-4-9-19-14(11-7-5-6-8-12(11)18)13(15(20)10(2)3)16(21)17(19)22/h5-8,10,14,21H,4,9H2,1-3H3. The van der Waals surface area contributed by atoms with E-state index < -0.39 is 23.5 Å². The number of nitrogens with zero attached hydrogens (tertiary/aromatic N) is 1. The summed E-state index contributed by atoms with van der Waals surface area (Å²) in [6.45, 7) is 5.60. The first-order valence-electron chi connectivity index (χ1n) is 7.42. The first-order valence-corrected chi connectivity index (χ1v) is 7.42. The lowest BCUT2D eigenvalue weighted by Crippen LogP contribution is -2.32. The van der Waals surface area contributed by atoms with E-state index in [1.807, 2.05) is 6.92 Å². The number of rotatable bonds is 5. The molecule has 5 heteroatoms. The monoisotopic (exact) mass is 305 g/mol. The van der Waals surface area contributed by atoms with Gasteiger partial charge in [0.15, 0.2) is 11.5 Å². The molecule has 1 N–H and O–H groups in total. The summed E-state index contributed by atoms with van der Waals surface area (Å²) >= 11 is 0. The second-order valence-corrected chi connectivity index (χ2v) is 5.70. The molecule has 0 saturated carbocycles. The van der Waals surface area contributed by atoms with Gasteiger partial charge in [0, 0.05) is 18.0 Å². The highest BCUT2D eigenvalue weighted by Crippen LogP contribution is 2.39. The molecule has 2 rings (SSSR count). The van der Waals surface area contributed by atoms with Crippen LogP contribution in [0.25, 0.3) is 0 Å².